The molecule has 0 atom stereocenters. The van der Waals surface area contributed by atoms with E-state index < -0.39 is 7.12 Å². The largest absolute Gasteiger partial charge is 0.490 e. The number of anilines is 1. The molecule has 3 heterocycles. The van der Waals surface area contributed by atoms with E-state index in [1.54, 1.807) is 6.07 Å². The van der Waals surface area contributed by atoms with Gasteiger partial charge in [-0.05, 0) is 19.5 Å². The van der Waals surface area contributed by atoms with Crippen LogP contribution < -0.4 is 10.8 Å². The van der Waals surface area contributed by atoms with E-state index in [1.165, 1.54) is 5.56 Å². The first-order valence-corrected chi connectivity index (χ1v) is 10.3. The molecule has 156 valence electrons. The van der Waals surface area contributed by atoms with E-state index in [0.29, 0.717) is 23.3 Å². The minimum absolute atomic E-state index is 0.440. The average Bonchev–Trinajstić information content (AvgIpc) is 3.30. The third kappa shape index (κ3) is 3.59. The number of benzene rings is 2. The fourth-order valence-corrected chi connectivity index (χ4v) is 4.32. The highest BCUT2D eigenvalue weighted by Gasteiger charge is 2.26. The fraction of sp³-hybridized carbons (Fsp3) is 0.217. The van der Waals surface area contributed by atoms with Gasteiger partial charge in [-0.3, -0.25) is 4.90 Å². The van der Waals surface area contributed by atoms with Crippen LogP contribution in [-0.4, -0.2) is 44.1 Å². The molecule has 0 unspecified atom stereocenters. The number of fused-ring (bicyclic) bond motifs is 2. The summed E-state index contributed by atoms with van der Waals surface area (Å²) in [6.45, 7) is 4.22. The van der Waals surface area contributed by atoms with Gasteiger partial charge in [0.2, 0.25) is 0 Å². The maximum absolute atomic E-state index is 9.76. The number of para-hydroxylation sites is 1. The van der Waals surface area contributed by atoms with Crippen molar-refractivity contribution in [1.82, 2.24) is 19.9 Å². The fourth-order valence-electron chi connectivity index (χ4n) is 4.32. The first-order valence-electron chi connectivity index (χ1n) is 10.3. The number of nitrogens with zero attached hydrogens (tertiary/aromatic N) is 3. The summed E-state index contributed by atoms with van der Waals surface area (Å²) in [5.41, 5.74) is 6.26. The van der Waals surface area contributed by atoms with Crippen LogP contribution in [0, 0.1) is 6.92 Å². The summed E-state index contributed by atoms with van der Waals surface area (Å²) in [5.74, 6) is 1.48. The number of aromatic nitrogens is 3. The summed E-state index contributed by atoms with van der Waals surface area (Å²) < 4.78 is 0. The van der Waals surface area contributed by atoms with Crippen LogP contribution in [0.3, 0.4) is 0 Å². The van der Waals surface area contributed by atoms with E-state index in [1.807, 2.05) is 37.3 Å². The Morgan fingerprint density at radius 2 is 1.87 bits per heavy atom. The number of rotatable bonds is 5. The van der Waals surface area contributed by atoms with Gasteiger partial charge in [0, 0.05) is 52.8 Å². The molecular formula is C23H24BN5O2. The molecule has 0 saturated carbocycles. The molecule has 31 heavy (non-hydrogen) atoms. The van der Waals surface area contributed by atoms with E-state index in [4.69, 9.17) is 9.97 Å². The Bertz CT molecular complexity index is 1260. The van der Waals surface area contributed by atoms with Crippen LogP contribution in [0.25, 0.3) is 22.3 Å². The van der Waals surface area contributed by atoms with Crippen LogP contribution in [0.5, 0.6) is 0 Å². The van der Waals surface area contributed by atoms with Gasteiger partial charge in [-0.2, -0.15) is 0 Å². The zero-order valence-electron chi connectivity index (χ0n) is 17.6. The maximum Gasteiger partial charge on any atom is 0.490 e. The summed E-state index contributed by atoms with van der Waals surface area (Å²) in [6.07, 6.45) is 0. The second-order valence-corrected chi connectivity index (χ2v) is 8.10. The van der Waals surface area contributed by atoms with Crippen molar-refractivity contribution in [3.8, 4) is 11.4 Å². The number of aryl methyl sites for hydroxylation is 1. The van der Waals surface area contributed by atoms with Crippen molar-refractivity contribution in [3.05, 3.63) is 71.0 Å². The summed E-state index contributed by atoms with van der Waals surface area (Å²) in [5, 5.41) is 23.9. The quantitative estimate of drug-likeness (QED) is 0.375. The molecule has 2 aromatic heterocycles. The molecule has 1 aliphatic rings. The molecule has 0 aliphatic carbocycles. The van der Waals surface area contributed by atoms with Gasteiger partial charge < -0.3 is 20.3 Å². The Balaban J connectivity index is 1.61. The van der Waals surface area contributed by atoms with Crippen LogP contribution in [-0.2, 0) is 19.6 Å². The van der Waals surface area contributed by atoms with Crippen molar-refractivity contribution in [2.24, 2.45) is 0 Å². The Labute approximate surface area is 180 Å². The SMILES string of the molecule is Cc1[nH]c2c(B(O)O)cccc2c1-c1nc2c(c(NCc3ccccc3)n1)CN(C)C2. The van der Waals surface area contributed by atoms with Gasteiger partial charge in [0.1, 0.15) is 5.82 Å². The van der Waals surface area contributed by atoms with Gasteiger partial charge in [-0.15, -0.1) is 0 Å². The lowest BCUT2D eigenvalue weighted by molar-refractivity contribution is 0.351. The third-order valence-corrected chi connectivity index (χ3v) is 5.80. The molecular weight excluding hydrogens is 389 g/mol. The predicted molar refractivity (Wildman–Crippen MR) is 123 cm³/mol. The van der Waals surface area contributed by atoms with E-state index in [2.05, 4.69) is 34.4 Å². The molecule has 2 aromatic carbocycles. The molecule has 5 rings (SSSR count). The Kier molecular flexibility index (Phi) is 4.98. The van der Waals surface area contributed by atoms with Crippen molar-refractivity contribution >= 4 is 29.3 Å². The standard InChI is InChI=1S/C23H24BN5O2/c1-14-20(16-9-6-10-18(24(30)31)21(16)26-14)23-27-19-13-29(2)12-17(19)22(28-23)25-11-15-7-4-3-5-8-15/h3-10,26,30-31H,11-13H2,1-2H3,(H,25,27,28). The van der Waals surface area contributed by atoms with Gasteiger partial charge in [0.15, 0.2) is 5.82 Å². The Morgan fingerprint density at radius 1 is 1.06 bits per heavy atom. The van der Waals surface area contributed by atoms with E-state index in [0.717, 1.165) is 46.8 Å². The van der Waals surface area contributed by atoms with Gasteiger partial charge >= 0.3 is 7.12 Å². The van der Waals surface area contributed by atoms with E-state index in [9.17, 15) is 10.0 Å². The topological polar surface area (TPSA) is 97.3 Å². The number of hydrogen-bond acceptors (Lipinski definition) is 6. The monoisotopic (exact) mass is 413 g/mol. The van der Waals surface area contributed by atoms with Crippen molar-refractivity contribution in [3.63, 3.8) is 0 Å². The number of nitrogens with one attached hydrogen (secondary N) is 2. The van der Waals surface area contributed by atoms with Crippen LogP contribution in [0.15, 0.2) is 48.5 Å². The molecule has 0 amide bonds. The minimum atomic E-state index is -1.55. The summed E-state index contributed by atoms with van der Waals surface area (Å²) in [7, 11) is 0.529. The zero-order chi connectivity index (χ0) is 21.5. The highest BCUT2D eigenvalue weighted by molar-refractivity contribution is 6.61. The van der Waals surface area contributed by atoms with E-state index >= 15 is 0 Å². The zero-order valence-corrected chi connectivity index (χ0v) is 17.6. The maximum atomic E-state index is 9.76. The van der Waals surface area contributed by atoms with Gasteiger partial charge in [0.05, 0.1) is 5.69 Å². The first kappa shape index (κ1) is 19.7. The van der Waals surface area contributed by atoms with Gasteiger partial charge in [-0.1, -0.05) is 48.5 Å². The van der Waals surface area contributed by atoms with Crippen LogP contribution in [0.1, 0.15) is 22.5 Å². The smallest absolute Gasteiger partial charge is 0.423 e. The lowest BCUT2D eigenvalue weighted by Crippen LogP contribution is -2.30. The molecule has 1 aliphatic heterocycles. The lowest BCUT2D eigenvalue weighted by Gasteiger charge is -2.12. The van der Waals surface area contributed by atoms with Crippen molar-refractivity contribution in [2.45, 2.75) is 26.6 Å². The van der Waals surface area contributed by atoms with Crippen LogP contribution in [0.4, 0.5) is 5.82 Å². The normalized spacial score (nSPS) is 13.5. The Morgan fingerprint density at radius 3 is 2.65 bits per heavy atom. The Hall–Kier alpha value is -3.20. The molecule has 4 N–H and O–H groups in total. The first-order chi connectivity index (χ1) is 15.0. The summed E-state index contributed by atoms with van der Waals surface area (Å²) >= 11 is 0. The second kappa shape index (κ2) is 7.81. The van der Waals surface area contributed by atoms with Crippen LogP contribution in [0.2, 0.25) is 0 Å². The molecule has 0 fully saturated rings. The van der Waals surface area contributed by atoms with Crippen LogP contribution >= 0.6 is 0 Å². The molecule has 0 spiro atoms. The van der Waals surface area contributed by atoms with Gasteiger partial charge in [0.25, 0.3) is 0 Å². The third-order valence-electron chi connectivity index (χ3n) is 5.80. The molecule has 0 bridgehead atoms. The lowest BCUT2D eigenvalue weighted by atomic mass is 9.79. The number of hydrogen-bond donors (Lipinski definition) is 4. The second-order valence-electron chi connectivity index (χ2n) is 8.10. The highest BCUT2D eigenvalue weighted by atomic mass is 16.4. The van der Waals surface area contributed by atoms with Crippen molar-refractivity contribution in [2.75, 3.05) is 12.4 Å². The molecule has 0 saturated heterocycles. The van der Waals surface area contributed by atoms with Crippen molar-refractivity contribution < 1.29 is 10.0 Å². The number of aromatic amines is 1. The number of H-pyrrole nitrogens is 1. The molecule has 8 heteroatoms. The summed E-state index contributed by atoms with van der Waals surface area (Å²) in [4.78, 5) is 15.4. The molecule has 4 aromatic rings. The highest BCUT2D eigenvalue weighted by Crippen LogP contribution is 2.34. The molecule has 0 radical (unpaired) electrons. The van der Waals surface area contributed by atoms with Gasteiger partial charge in [-0.25, -0.2) is 9.97 Å². The van der Waals surface area contributed by atoms with E-state index in [-0.39, 0.29) is 0 Å². The van der Waals surface area contributed by atoms with Crippen molar-refractivity contribution in [1.29, 1.82) is 0 Å². The minimum Gasteiger partial charge on any atom is -0.423 e. The summed E-state index contributed by atoms with van der Waals surface area (Å²) in [6, 6.07) is 15.7. The predicted octanol–water partition coefficient (Wildman–Crippen LogP) is 2.17. The average molecular weight is 413 g/mol. The molecule has 7 nitrogen and oxygen atoms in total.